The molecular weight excluding hydrogens is 398 g/mol. The summed E-state index contributed by atoms with van der Waals surface area (Å²) < 4.78 is 33.2. The van der Waals surface area contributed by atoms with Crippen LogP contribution in [0.1, 0.15) is 39.2 Å². The zero-order valence-corrected chi connectivity index (χ0v) is 19.1. The molecule has 1 heterocycles. The maximum atomic E-state index is 12.3. The number of sulfonamides is 1. The third-order valence-electron chi connectivity index (χ3n) is 5.19. The van der Waals surface area contributed by atoms with Crippen LogP contribution in [0.5, 0.6) is 5.75 Å². The van der Waals surface area contributed by atoms with Gasteiger partial charge in [-0.2, -0.15) is 0 Å². The van der Waals surface area contributed by atoms with Gasteiger partial charge in [-0.25, -0.2) is 13.1 Å². The summed E-state index contributed by atoms with van der Waals surface area (Å²) in [6, 6.07) is 15.4. The molecule has 2 aromatic rings. The molecular formula is C23H33N3O3S. The minimum absolute atomic E-state index is 0.148. The minimum atomic E-state index is -3.49. The Hall–Kier alpha value is -2.09. The monoisotopic (exact) mass is 431 g/mol. The smallest absolute Gasteiger partial charge is 0.240 e. The van der Waals surface area contributed by atoms with E-state index in [1.165, 1.54) is 11.3 Å². The lowest BCUT2D eigenvalue weighted by molar-refractivity contribution is 0.267. The Morgan fingerprint density at radius 2 is 1.87 bits per heavy atom. The molecule has 7 heteroatoms. The van der Waals surface area contributed by atoms with Crippen molar-refractivity contribution in [2.45, 2.75) is 50.6 Å². The van der Waals surface area contributed by atoms with Crippen LogP contribution in [0.4, 0.5) is 5.69 Å². The molecule has 30 heavy (non-hydrogen) atoms. The highest BCUT2D eigenvalue weighted by molar-refractivity contribution is 7.89. The fourth-order valence-electron chi connectivity index (χ4n) is 3.60. The summed E-state index contributed by atoms with van der Waals surface area (Å²) in [7, 11) is -3.49. The zero-order valence-electron chi connectivity index (χ0n) is 18.3. The lowest BCUT2D eigenvalue weighted by atomic mass is 10.0. The topological polar surface area (TPSA) is 70.7 Å². The average Bonchev–Trinajstić information content (AvgIpc) is 2.72. The van der Waals surface area contributed by atoms with E-state index in [4.69, 9.17) is 4.74 Å². The third-order valence-corrected chi connectivity index (χ3v) is 6.86. The van der Waals surface area contributed by atoms with Crippen molar-refractivity contribution in [1.29, 1.82) is 0 Å². The normalized spacial score (nSPS) is 17.5. The Balaban J connectivity index is 1.67. The largest absolute Gasteiger partial charge is 0.491 e. The molecule has 0 aromatic heterocycles. The second-order valence-electron chi connectivity index (χ2n) is 8.36. The van der Waals surface area contributed by atoms with Crippen LogP contribution in [0.3, 0.4) is 0 Å². The lowest BCUT2D eigenvalue weighted by Crippen LogP contribution is -2.54. The van der Waals surface area contributed by atoms with Gasteiger partial charge in [0.1, 0.15) is 12.4 Å². The van der Waals surface area contributed by atoms with Gasteiger partial charge in [0.25, 0.3) is 0 Å². The van der Waals surface area contributed by atoms with Gasteiger partial charge in [0.15, 0.2) is 0 Å². The van der Waals surface area contributed by atoms with Gasteiger partial charge in [-0.3, -0.25) is 0 Å². The van der Waals surface area contributed by atoms with E-state index in [0.29, 0.717) is 18.3 Å². The lowest BCUT2D eigenvalue weighted by Gasteiger charge is -2.38. The van der Waals surface area contributed by atoms with E-state index in [2.05, 4.69) is 53.1 Å². The highest BCUT2D eigenvalue weighted by atomic mass is 32.2. The first-order chi connectivity index (χ1) is 14.3. The molecule has 1 aliphatic heterocycles. The average molecular weight is 432 g/mol. The molecule has 0 radical (unpaired) electrons. The number of nitrogens with one attached hydrogen (secondary N) is 2. The number of rotatable bonds is 8. The fraction of sp³-hybridized carbons (Fsp3) is 0.478. The molecule has 164 valence electrons. The number of hydrogen-bond acceptors (Lipinski definition) is 5. The number of benzene rings is 2. The molecule has 6 nitrogen and oxygen atoms in total. The Bertz CT molecular complexity index is 927. The van der Waals surface area contributed by atoms with Crippen LogP contribution in [-0.4, -0.2) is 46.7 Å². The molecule has 0 saturated carbocycles. The summed E-state index contributed by atoms with van der Waals surface area (Å²) in [5.41, 5.74) is 2.55. The second-order valence-corrected chi connectivity index (χ2v) is 10.1. The highest BCUT2D eigenvalue weighted by Crippen LogP contribution is 2.24. The zero-order chi connectivity index (χ0) is 21.7. The van der Waals surface area contributed by atoms with Gasteiger partial charge in [0, 0.05) is 31.4 Å². The van der Waals surface area contributed by atoms with Crippen molar-refractivity contribution >= 4 is 15.7 Å². The van der Waals surface area contributed by atoms with Crippen LogP contribution >= 0.6 is 0 Å². The van der Waals surface area contributed by atoms with Gasteiger partial charge in [0.05, 0.1) is 10.9 Å². The Labute approximate surface area is 180 Å². The minimum Gasteiger partial charge on any atom is -0.491 e. The number of nitrogens with zero attached hydrogens (tertiary/aromatic N) is 1. The van der Waals surface area contributed by atoms with E-state index >= 15 is 0 Å². The first-order valence-corrected chi connectivity index (χ1v) is 12.1. The standard InChI is InChI=1S/C23H33N3O3S/c1-17(2)19-6-5-7-20(14-19)26-13-12-24-15-21(26)16-29-22-8-10-23(11-9-22)30(27,28)25-18(3)4/h5-11,14,17-18,21,24-25H,12-13,15-16H2,1-4H3. The molecule has 0 amide bonds. The van der Waals surface area contributed by atoms with Gasteiger partial charge in [-0.15, -0.1) is 0 Å². The van der Waals surface area contributed by atoms with Gasteiger partial charge < -0.3 is 15.0 Å². The summed E-state index contributed by atoms with van der Waals surface area (Å²) in [6.45, 7) is 11.2. The molecule has 1 atom stereocenters. The van der Waals surface area contributed by atoms with Crippen LogP contribution in [0.15, 0.2) is 53.4 Å². The van der Waals surface area contributed by atoms with Crippen molar-refractivity contribution in [2.75, 3.05) is 31.1 Å². The Kier molecular flexibility index (Phi) is 7.39. The van der Waals surface area contributed by atoms with Crippen molar-refractivity contribution in [3.05, 3.63) is 54.1 Å². The van der Waals surface area contributed by atoms with Gasteiger partial charge in [0.2, 0.25) is 10.0 Å². The van der Waals surface area contributed by atoms with Crippen LogP contribution in [0, 0.1) is 0 Å². The highest BCUT2D eigenvalue weighted by Gasteiger charge is 2.24. The summed E-state index contributed by atoms with van der Waals surface area (Å²) in [5.74, 6) is 1.16. The molecule has 1 saturated heterocycles. The first kappa shape index (κ1) is 22.6. The summed E-state index contributed by atoms with van der Waals surface area (Å²) in [6.07, 6.45) is 0. The van der Waals surface area contributed by atoms with Crippen LogP contribution in [0.25, 0.3) is 0 Å². The molecule has 0 bridgehead atoms. The molecule has 1 unspecified atom stereocenters. The van der Waals surface area contributed by atoms with E-state index in [-0.39, 0.29) is 17.0 Å². The van der Waals surface area contributed by atoms with E-state index in [0.717, 1.165) is 19.6 Å². The maximum absolute atomic E-state index is 12.3. The quantitative estimate of drug-likeness (QED) is 0.671. The number of ether oxygens (including phenoxy) is 1. The van der Waals surface area contributed by atoms with Crippen LogP contribution < -0.4 is 19.7 Å². The SMILES string of the molecule is CC(C)NS(=O)(=O)c1ccc(OCC2CNCCN2c2cccc(C(C)C)c2)cc1. The number of anilines is 1. The van der Waals surface area contributed by atoms with Crippen molar-refractivity contribution in [1.82, 2.24) is 10.0 Å². The summed E-state index contributed by atoms with van der Waals surface area (Å²) >= 11 is 0. The van der Waals surface area contributed by atoms with E-state index in [9.17, 15) is 8.42 Å². The molecule has 0 aliphatic carbocycles. The molecule has 1 fully saturated rings. The predicted molar refractivity (Wildman–Crippen MR) is 122 cm³/mol. The van der Waals surface area contributed by atoms with Crippen molar-refractivity contribution < 1.29 is 13.2 Å². The Morgan fingerprint density at radius 3 is 2.53 bits per heavy atom. The van der Waals surface area contributed by atoms with Gasteiger partial charge in [-0.1, -0.05) is 26.0 Å². The van der Waals surface area contributed by atoms with Crippen molar-refractivity contribution in [3.8, 4) is 5.75 Å². The van der Waals surface area contributed by atoms with E-state index in [1.807, 2.05) is 0 Å². The molecule has 1 aliphatic rings. The van der Waals surface area contributed by atoms with Crippen LogP contribution in [0.2, 0.25) is 0 Å². The number of piperazine rings is 1. The van der Waals surface area contributed by atoms with E-state index in [1.54, 1.807) is 38.1 Å². The fourth-order valence-corrected chi connectivity index (χ4v) is 4.85. The molecule has 3 rings (SSSR count). The van der Waals surface area contributed by atoms with Gasteiger partial charge >= 0.3 is 0 Å². The first-order valence-electron chi connectivity index (χ1n) is 10.6. The van der Waals surface area contributed by atoms with Crippen molar-refractivity contribution in [3.63, 3.8) is 0 Å². The van der Waals surface area contributed by atoms with Gasteiger partial charge in [-0.05, 0) is 61.7 Å². The van der Waals surface area contributed by atoms with Crippen LogP contribution in [-0.2, 0) is 10.0 Å². The summed E-state index contributed by atoms with van der Waals surface area (Å²) in [4.78, 5) is 2.64. The Morgan fingerprint density at radius 1 is 1.13 bits per heavy atom. The van der Waals surface area contributed by atoms with Crippen molar-refractivity contribution in [2.24, 2.45) is 0 Å². The summed E-state index contributed by atoms with van der Waals surface area (Å²) in [5, 5.41) is 3.45. The predicted octanol–water partition coefficient (Wildman–Crippen LogP) is 3.35. The molecule has 2 N–H and O–H groups in total. The molecule has 2 aromatic carbocycles. The van der Waals surface area contributed by atoms with E-state index < -0.39 is 10.0 Å². The third kappa shape index (κ3) is 5.74. The molecule has 0 spiro atoms. The maximum Gasteiger partial charge on any atom is 0.240 e. The second kappa shape index (κ2) is 9.81. The number of hydrogen-bond donors (Lipinski definition) is 2.